The van der Waals surface area contributed by atoms with Crippen molar-refractivity contribution < 1.29 is 9.50 Å². The van der Waals surface area contributed by atoms with Crippen LogP contribution in [0.4, 0.5) is 10.1 Å². The van der Waals surface area contributed by atoms with Gasteiger partial charge in [0.25, 0.3) is 0 Å². The number of hydrogen-bond acceptors (Lipinski definition) is 2. The molecule has 0 aromatic heterocycles. The van der Waals surface area contributed by atoms with Crippen LogP contribution in [-0.4, -0.2) is 18.2 Å². The van der Waals surface area contributed by atoms with E-state index in [0.29, 0.717) is 12.1 Å². The van der Waals surface area contributed by atoms with Crippen molar-refractivity contribution in [2.45, 2.75) is 20.0 Å². The summed E-state index contributed by atoms with van der Waals surface area (Å²) in [5.74, 6) is -0.325. The molecule has 0 aliphatic rings. The highest BCUT2D eigenvalue weighted by atomic mass is 19.1. The van der Waals surface area contributed by atoms with Gasteiger partial charge < -0.3 is 10.0 Å². The van der Waals surface area contributed by atoms with Crippen LogP contribution >= 0.6 is 0 Å². The van der Waals surface area contributed by atoms with Crippen molar-refractivity contribution in [3.05, 3.63) is 42.2 Å². The van der Waals surface area contributed by atoms with Crippen LogP contribution in [0.5, 0.6) is 0 Å². The Bertz CT molecular complexity index is 363. The summed E-state index contributed by atoms with van der Waals surface area (Å²) in [4.78, 5) is 2.04. The van der Waals surface area contributed by atoms with Crippen molar-refractivity contribution in [3.63, 3.8) is 0 Å². The SMILES string of the molecule is C=CCN(CC)c1ccc(F)cc1C(C)O. The Morgan fingerprint density at radius 1 is 1.56 bits per heavy atom. The van der Waals surface area contributed by atoms with Gasteiger partial charge in [-0.1, -0.05) is 6.08 Å². The maximum atomic E-state index is 13.1. The second kappa shape index (κ2) is 5.66. The van der Waals surface area contributed by atoms with E-state index in [0.717, 1.165) is 12.2 Å². The summed E-state index contributed by atoms with van der Waals surface area (Å²) in [7, 11) is 0. The molecule has 1 atom stereocenters. The zero-order chi connectivity index (χ0) is 12.1. The van der Waals surface area contributed by atoms with E-state index in [4.69, 9.17) is 0 Å². The molecule has 0 aliphatic heterocycles. The van der Waals surface area contributed by atoms with E-state index < -0.39 is 6.10 Å². The molecule has 2 nitrogen and oxygen atoms in total. The molecule has 0 saturated carbocycles. The minimum Gasteiger partial charge on any atom is -0.389 e. The summed E-state index contributed by atoms with van der Waals surface area (Å²) in [5, 5.41) is 9.62. The lowest BCUT2D eigenvalue weighted by Gasteiger charge is -2.25. The number of rotatable bonds is 5. The first-order valence-corrected chi connectivity index (χ1v) is 5.43. The molecule has 0 saturated heterocycles. The molecule has 0 spiro atoms. The van der Waals surface area contributed by atoms with Gasteiger partial charge >= 0.3 is 0 Å². The van der Waals surface area contributed by atoms with Crippen molar-refractivity contribution in [3.8, 4) is 0 Å². The fourth-order valence-electron chi connectivity index (χ4n) is 1.70. The third-order valence-electron chi connectivity index (χ3n) is 2.51. The third kappa shape index (κ3) is 2.83. The van der Waals surface area contributed by atoms with E-state index in [1.54, 1.807) is 19.1 Å². The number of anilines is 1. The molecule has 1 N–H and O–H groups in total. The van der Waals surface area contributed by atoms with Gasteiger partial charge in [0.15, 0.2) is 0 Å². The molecule has 0 amide bonds. The Kier molecular flexibility index (Phi) is 4.50. The fraction of sp³-hybridized carbons (Fsp3) is 0.385. The average molecular weight is 223 g/mol. The smallest absolute Gasteiger partial charge is 0.123 e. The van der Waals surface area contributed by atoms with Gasteiger partial charge in [0.2, 0.25) is 0 Å². The molecule has 1 aromatic carbocycles. The first-order chi connectivity index (χ1) is 7.60. The quantitative estimate of drug-likeness (QED) is 0.776. The standard InChI is InChI=1S/C13H18FNO/c1-4-8-15(5-2)13-7-6-11(14)9-12(13)10(3)16/h4,6-7,9-10,16H,1,5,8H2,2-3H3. The van der Waals surface area contributed by atoms with E-state index in [2.05, 4.69) is 6.58 Å². The highest BCUT2D eigenvalue weighted by Crippen LogP contribution is 2.27. The molecule has 88 valence electrons. The second-order valence-corrected chi connectivity index (χ2v) is 3.71. The number of halogens is 1. The van der Waals surface area contributed by atoms with Crippen LogP contribution in [0, 0.1) is 5.82 Å². The highest BCUT2D eigenvalue weighted by molar-refractivity contribution is 5.55. The largest absolute Gasteiger partial charge is 0.389 e. The van der Waals surface area contributed by atoms with E-state index in [1.165, 1.54) is 12.1 Å². The Morgan fingerprint density at radius 2 is 2.25 bits per heavy atom. The molecule has 0 fully saturated rings. The summed E-state index contributed by atoms with van der Waals surface area (Å²) in [5.41, 5.74) is 1.47. The van der Waals surface area contributed by atoms with Gasteiger partial charge in [-0.15, -0.1) is 6.58 Å². The van der Waals surface area contributed by atoms with Gasteiger partial charge in [0, 0.05) is 24.3 Å². The summed E-state index contributed by atoms with van der Waals surface area (Å²) >= 11 is 0. The van der Waals surface area contributed by atoms with Crippen molar-refractivity contribution in [2.24, 2.45) is 0 Å². The number of nitrogens with zero attached hydrogens (tertiary/aromatic N) is 1. The predicted octanol–water partition coefficient (Wildman–Crippen LogP) is 2.89. The summed E-state index contributed by atoms with van der Waals surface area (Å²) in [6.45, 7) is 8.81. The summed E-state index contributed by atoms with van der Waals surface area (Å²) in [6.07, 6.45) is 1.11. The number of benzene rings is 1. The van der Waals surface area contributed by atoms with Gasteiger partial charge in [-0.25, -0.2) is 4.39 Å². The van der Waals surface area contributed by atoms with E-state index in [9.17, 15) is 9.50 Å². The molecule has 16 heavy (non-hydrogen) atoms. The number of aliphatic hydroxyl groups excluding tert-OH is 1. The molecule has 1 aromatic rings. The minimum absolute atomic E-state index is 0.325. The van der Waals surface area contributed by atoms with Gasteiger partial charge in [-0.05, 0) is 32.0 Å². The maximum Gasteiger partial charge on any atom is 0.123 e. The van der Waals surface area contributed by atoms with Crippen LogP contribution in [-0.2, 0) is 0 Å². The second-order valence-electron chi connectivity index (χ2n) is 3.71. The van der Waals surface area contributed by atoms with Crippen LogP contribution in [0.25, 0.3) is 0 Å². The van der Waals surface area contributed by atoms with Gasteiger partial charge in [0.1, 0.15) is 5.82 Å². The lowest BCUT2D eigenvalue weighted by atomic mass is 10.1. The van der Waals surface area contributed by atoms with Crippen molar-refractivity contribution in [2.75, 3.05) is 18.0 Å². The van der Waals surface area contributed by atoms with Crippen molar-refractivity contribution >= 4 is 5.69 Å². The number of aliphatic hydroxyl groups is 1. The Balaban J connectivity index is 3.14. The van der Waals surface area contributed by atoms with Gasteiger partial charge in [-0.2, -0.15) is 0 Å². The molecule has 1 rings (SSSR count). The monoisotopic (exact) mass is 223 g/mol. The topological polar surface area (TPSA) is 23.5 Å². The molecular formula is C13H18FNO. The number of hydrogen-bond donors (Lipinski definition) is 1. The van der Waals surface area contributed by atoms with E-state index >= 15 is 0 Å². The van der Waals surface area contributed by atoms with Gasteiger partial charge in [-0.3, -0.25) is 0 Å². The molecule has 0 aliphatic carbocycles. The molecule has 3 heteroatoms. The lowest BCUT2D eigenvalue weighted by molar-refractivity contribution is 0.199. The first kappa shape index (κ1) is 12.7. The molecule has 0 heterocycles. The fourth-order valence-corrected chi connectivity index (χ4v) is 1.70. The van der Waals surface area contributed by atoms with E-state index in [1.807, 2.05) is 11.8 Å². The van der Waals surface area contributed by atoms with Crippen molar-refractivity contribution in [1.82, 2.24) is 0 Å². The van der Waals surface area contributed by atoms with Gasteiger partial charge in [0.05, 0.1) is 6.10 Å². The molecular weight excluding hydrogens is 205 g/mol. The average Bonchev–Trinajstić information content (AvgIpc) is 2.26. The van der Waals surface area contributed by atoms with Crippen molar-refractivity contribution in [1.29, 1.82) is 0 Å². The zero-order valence-corrected chi connectivity index (χ0v) is 9.78. The van der Waals surface area contributed by atoms with Crippen LogP contribution in [0.3, 0.4) is 0 Å². The molecule has 0 bridgehead atoms. The maximum absolute atomic E-state index is 13.1. The predicted molar refractivity (Wildman–Crippen MR) is 65.1 cm³/mol. The van der Waals surface area contributed by atoms with Crippen LogP contribution in [0.2, 0.25) is 0 Å². The Morgan fingerprint density at radius 3 is 2.75 bits per heavy atom. The Hall–Kier alpha value is -1.35. The molecule has 0 radical (unpaired) electrons. The molecule has 1 unspecified atom stereocenters. The zero-order valence-electron chi connectivity index (χ0n) is 9.78. The number of likely N-dealkylation sites (N-methyl/N-ethyl adjacent to an activating group) is 1. The van der Waals surface area contributed by atoms with E-state index in [-0.39, 0.29) is 5.82 Å². The van der Waals surface area contributed by atoms with Crippen LogP contribution < -0.4 is 4.90 Å². The summed E-state index contributed by atoms with van der Waals surface area (Å²) < 4.78 is 13.1. The minimum atomic E-state index is -0.676. The third-order valence-corrected chi connectivity index (χ3v) is 2.51. The normalized spacial score (nSPS) is 12.2. The Labute approximate surface area is 96.0 Å². The summed E-state index contributed by atoms with van der Waals surface area (Å²) in [6, 6.07) is 4.49. The highest BCUT2D eigenvalue weighted by Gasteiger charge is 2.13. The van der Waals surface area contributed by atoms with Crippen LogP contribution in [0.15, 0.2) is 30.9 Å². The first-order valence-electron chi connectivity index (χ1n) is 5.43. The lowest BCUT2D eigenvalue weighted by Crippen LogP contribution is -2.24. The van der Waals surface area contributed by atoms with Crippen LogP contribution in [0.1, 0.15) is 25.5 Å².